The number of carboxylic acids is 1. The molecule has 0 aromatic rings. The van der Waals surface area contributed by atoms with E-state index in [0.29, 0.717) is 12.8 Å². The smallest absolute Gasteiger partial charge is 0.407 e. The summed E-state index contributed by atoms with van der Waals surface area (Å²) in [7, 11) is 2.60. The molecule has 1 heterocycles. The maximum atomic E-state index is 12.6. The first kappa shape index (κ1) is 17.2. The Morgan fingerprint density at radius 1 is 1.29 bits per heavy atom. The molecule has 8 nitrogen and oxygen atoms in total. The van der Waals surface area contributed by atoms with Gasteiger partial charge in [0.2, 0.25) is 5.91 Å². The summed E-state index contributed by atoms with van der Waals surface area (Å²) in [6, 6.07) is -2.08. The van der Waals surface area contributed by atoms with Crippen molar-refractivity contribution in [3.63, 3.8) is 0 Å². The van der Waals surface area contributed by atoms with E-state index >= 15 is 0 Å². The van der Waals surface area contributed by atoms with Crippen molar-refractivity contribution in [2.45, 2.75) is 50.9 Å². The highest BCUT2D eigenvalue weighted by atomic mass is 16.5. The van der Waals surface area contributed by atoms with Crippen LogP contribution in [0.4, 0.5) is 4.79 Å². The quantitative estimate of drug-likeness (QED) is 0.752. The van der Waals surface area contributed by atoms with Gasteiger partial charge in [-0.3, -0.25) is 4.79 Å². The van der Waals surface area contributed by atoms with Gasteiger partial charge >= 0.3 is 12.1 Å². The van der Waals surface area contributed by atoms with Gasteiger partial charge in [0, 0.05) is 13.2 Å². The van der Waals surface area contributed by atoms with Gasteiger partial charge in [-0.2, -0.15) is 0 Å². The number of nitrogens with zero attached hydrogens (tertiary/aromatic N) is 1. The Hall–Kier alpha value is -1.83. The van der Waals surface area contributed by atoms with Gasteiger partial charge in [0.05, 0.1) is 13.2 Å². The lowest BCUT2D eigenvalue weighted by molar-refractivity contribution is -0.151. The van der Waals surface area contributed by atoms with E-state index in [2.05, 4.69) is 10.1 Å². The van der Waals surface area contributed by atoms with E-state index in [0.717, 1.165) is 0 Å². The van der Waals surface area contributed by atoms with Crippen LogP contribution in [0, 0.1) is 0 Å². The maximum absolute atomic E-state index is 12.6. The van der Waals surface area contributed by atoms with Crippen molar-refractivity contribution in [2.24, 2.45) is 0 Å². The number of likely N-dealkylation sites (tertiary alicyclic amines) is 1. The van der Waals surface area contributed by atoms with E-state index < -0.39 is 36.2 Å². The number of rotatable bonds is 5. The Balaban J connectivity index is 2.97. The molecule has 1 saturated heterocycles. The Morgan fingerprint density at radius 3 is 2.38 bits per heavy atom. The van der Waals surface area contributed by atoms with E-state index in [1.165, 1.54) is 19.1 Å². The van der Waals surface area contributed by atoms with Crippen molar-refractivity contribution in [3.05, 3.63) is 0 Å². The van der Waals surface area contributed by atoms with Crippen molar-refractivity contribution in [3.8, 4) is 0 Å². The maximum Gasteiger partial charge on any atom is 0.407 e. The topological polar surface area (TPSA) is 105 Å². The molecule has 0 radical (unpaired) electrons. The van der Waals surface area contributed by atoms with Crippen molar-refractivity contribution in [1.29, 1.82) is 0 Å². The summed E-state index contributed by atoms with van der Waals surface area (Å²) in [6.45, 7) is 3.41. The normalized spacial score (nSPS) is 24.3. The van der Waals surface area contributed by atoms with Crippen molar-refractivity contribution in [2.75, 3.05) is 14.2 Å². The average Bonchev–Trinajstić information content (AvgIpc) is 2.84. The van der Waals surface area contributed by atoms with Gasteiger partial charge in [0.15, 0.2) is 0 Å². The lowest BCUT2D eigenvalue weighted by atomic mass is 10.1. The highest BCUT2D eigenvalue weighted by Crippen LogP contribution is 2.25. The Labute approximate surface area is 123 Å². The molecule has 2 amide bonds. The molecule has 4 atom stereocenters. The molecular formula is C13H22N2O6. The lowest BCUT2D eigenvalue weighted by Gasteiger charge is -2.32. The number of carboxylic acid groups (broad SMARTS) is 1. The minimum absolute atomic E-state index is 0.204. The summed E-state index contributed by atoms with van der Waals surface area (Å²) in [5.41, 5.74) is 0. The largest absolute Gasteiger partial charge is 0.480 e. The van der Waals surface area contributed by atoms with Crippen molar-refractivity contribution < 1.29 is 29.0 Å². The Bertz CT molecular complexity index is 413. The average molecular weight is 302 g/mol. The van der Waals surface area contributed by atoms with Crippen molar-refractivity contribution in [1.82, 2.24) is 10.2 Å². The molecule has 0 spiro atoms. The number of nitrogens with one attached hydrogen (secondary N) is 1. The first-order chi connectivity index (χ1) is 9.83. The minimum Gasteiger partial charge on any atom is -0.480 e. The number of hydrogen-bond donors (Lipinski definition) is 2. The molecule has 1 rings (SSSR count). The number of amides is 2. The molecule has 21 heavy (non-hydrogen) atoms. The zero-order chi connectivity index (χ0) is 16.2. The Morgan fingerprint density at radius 2 is 1.90 bits per heavy atom. The number of ether oxygens (including phenoxy) is 2. The number of methoxy groups -OCH3 is 2. The Kier molecular flexibility index (Phi) is 5.95. The van der Waals surface area contributed by atoms with E-state index in [4.69, 9.17) is 4.74 Å². The molecule has 2 N–H and O–H groups in total. The number of carbonyl (C=O) groups is 3. The lowest BCUT2D eigenvalue weighted by Crippen LogP contribution is -2.57. The highest BCUT2D eigenvalue weighted by molar-refractivity contribution is 5.90. The predicted molar refractivity (Wildman–Crippen MR) is 72.8 cm³/mol. The second kappa shape index (κ2) is 7.26. The van der Waals surface area contributed by atoms with Crippen LogP contribution in [0.3, 0.4) is 0 Å². The predicted octanol–water partition coefficient (Wildman–Crippen LogP) is 0.210. The van der Waals surface area contributed by atoms with Crippen LogP contribution in [-0.2, 0) is 19.1 Å². The van der Waals surface area contributed by atoms with E-state index in [-0.39, 0.29) is 6.04 Å². The SMILES string of the molecule is COC(=O)N[C@H](C(=O)N1C(C)CC[C@H]1C(=O)O)[C@@H](C)OC. The van der Waals surface area contributed by atoms with E-state index in [1.807, 2.05) is 0 Å². The molecule has 0 aromatic carbocycles. The van der Waals surface area contributed by atoms with Gasteiger partial charge in [0.1, 0.15) is 12.1 Å². The number of hydrogen-bond acceptors (Lipinski definition) is 5. The zero-order valence-corrected chi connectivity index (χ0v) is 12.7. The minimum atomic E-state index is -1.05. The summed E-state index contributed by atoms with van der Waals surface area (Å²) >= 11 is 0. The number of aliphatic carboxylic acids is 1. The van der Waals surface area contributed by atoms with Gasteiger partial charge < -0.3 is 24.8 Å². The molecule has 1 aliphatic heterocycles. The summed E-state index contributed by atoms with van der Waals surface area (Å²) in [4.78, 5) is 36.6. The first-order valence-corrected chi connectivity index (χ1v) is 6.75. The molecule has 0 saturated carbocycles. The molecule has 1 aliphatic rings. The molecule has 1 fully saturated rings. The second-order valence-electron chi connectivity index (χ2n) is 5.08. The fraction of sp³-hybridized carbons (Fsp3) is 0.769. The van der Waals surface area contributed by atoms with Crippen LogP contribution in [0.5, 0.6) is 0 Å². The summed E-state index contributed by atoms with van der Waals surface area (Å²) in [5, 5.41) is 11.6. The van der Waals surface area contributed by atoms with Gasteiger partial charge in [-0.1, -0.05) is 0 Å². The number of alkyl carbamates (subject to hydrolysis) is 1. The van der Waals surface area contributed by atoms with Crippen LogP contribution in [-0.4, -0.2) is 66.4 Å². The third kappa shape index (κ3) is 3.84. The van der Waals surface area contributed by atoms with Gasteiger partial charge in [-0.05, 0) is 26.7 Å². The third-order valence-electron chi connectivity index (χ3n) is 3.77. The zero-order valence-electron chi connectivity index (χ0n) is 12.7. The van der Waals surface area contributed by atoms with Crippen LogP contribution in [0.15, 0.2) is 0 Å². The first-order valence-electron chi connectivity index (χ1n) is 6.75. The molecular weight excluding hydrogens is 280 g/mol. The summed E-state index contributed by atoms with van der Waals surface area (Å²) in [5.74, 6) is -1.53. The summed E-state index contributed by atoms with van der Waals surface area (Å²) < 4.78 is 9.60. The third-order valence-corrected chi connectivity index (χ3v) is 3.77. The van der Waals surface area contributed by atoms with Crippen LogP contribution in [0.2, 0.25) is 0 Å². The van der Waals surface area contributed by atoms with Gasteiger partial charge in [0.25, 0.3) is 0 Å². The molecule has 120 valence electrons. The molecule has 0 aliphatic carbocycles. The van der Waals surface area contributed by atoms with Crippen molar-refractivity contribution >= 4 is 18.0 Å². The van der Waals surface area contributed by atoms with Crippen LogP contribution in [0.1, 0.15) is 26.7 Å². The van der Waals surface area contributed by atoms with Crippen LogP contribution in [0.25, 0.3) is 0 Å². The van der Waals surface area contributed by atoms with Crippen LogP contribution >= 0.6 is 0 Å². The van der Waals surface area contributed by atoms with Crippen LogP contribution < -0.4 is 5.32 Å². The molecule has 8 heteroatoms. The summed E-state index contributed by atoms with van der Waals surface area (Å²) in [6.07, 6.45) is -0.376. The second-order valence-corrected chi connectivity index (χ2v) is 5.08. The standard InChI is InChI=1S/C13H22N2O6/c1-7-5-6-9(12(17)18)15(7)11(16)10(8(2)20-3)14-13(19)21-4/h7-10H,5-6H2,1-4H3,(H,14,19)(H,17,18)/t7?,8-,9+,10+/m1/s1. The molecule has 0 aromatic heterocycles. The van der Waals surface area contributed by atoms with E-state index in [9.17, 15) is 19.5 Å². The van der Waals surface area contributed by atoms with E-state index in [1.54, 1.807) is 13.8 Å². The highest BCUT2D eigenvalue weighted by Gasteiger charge is 2.43. The van der Waals surface area contributed by atoms with Gasteiger partial charge in [-0.25, -0.2) is 9.59 Å². The number of carbonyl (C=O) groups excluding carboxylic acids is 2. The fourth-order valence-electron chi connectivity index (χ4n) is 2.46. The monoisotopic (exact) mass is 302 g/mol. The molecule has 1 unspecified atom stereocenters. The molecule has 0 bridgehead atoms. The fourth-order valence-corrected chi connectivity index (χ4v) is 2.46. The van der Waals surface area contributed by atoms with Gasteiger partial charge in [-0.15, -0.1) is 0 Å².